The van der Waals surface area contributed by atoms with E-state index in [4.69, 9.17) is 5.73 Å². The van der Waals surface area contributed by atoms with E-state index in [1.807, 2.05) is 12.2 Å². The number of rotatable bonds is 7. The Hall–Kier alpha value is -2.84. The molecule has 0 aliphatic heterocycles. The number of allylic oxidation sites excluding steroid dienone is 3. The number of benzene rings is 2. The van der Waals surface area contributed by atoms with E-state index in [0.29, 0.717) is 37.2 Å². The number of alkyl halides is 3. The monoisotopic (exact) mass is 475 g/mol. The Balaban J connectivity index is 2.02. The molecule has 1 aliphatic rings. The molecule has 2 aromatic rings. The van der Waals surface area contributed by atoms with Crippen LogP contribution >= 0.6 is 12.8 Å². The number of hydrogen-bond acceptors (Lipinski definition) is 4. The second-order valence-corrected chi connectivity index (χ2v) is 8.22. The number of nitrogens with two attached hydrogens (primary N) is 1. The summed E-state index contributed by atoms with van der Waals surface area (Å²) >= 11 is 4.09. The molecule has 3 N–H and O–H groups in total. The van der Waals surface area contributed by atoms with Crippen LogP contribution in [0.3, 0.4) is 0 Å². The van der Waals surface area contributed by atoms with Crippen LogP contribution in [0.2, 0.25) is 0 Å². The minimum atomic E-state index is -4.38. The summed E-state index contributed by atoms with van der Waals surface area (Å²) in [5, 5.41) is 0. The van der Waals surface area contributed by atoms with E-state index in [0.717, 1.165) is 28.8 Å². The zero-order valence-corrected chi connectivity index (χ0v) is 18.8. The SMILES string of the molecule is C=CC1(Cc2ccc(C(F)(F)F)cc2)CC(=CN)C(=Nc2ccc(F)cc2)C=C1CCNS. The van der Waals surface area contributed by atoms with Crippen LogP contribution in [-0.2, 0) is 12.6 Å². The number of hydrogen-bond donors (Lipinski definition) is 3. The summed E-state index contributed by atoms with van der Waals surface area (Å²) in [7, 11) is 0. The zero-order chi connectivity index (χ0) is 24.1. The molecule has 0 amide bonds. The summed E-state index contributed by atoms with van der Waals surface area (Å²) in [6, 6.07) is 11.0. The van der Waals surface area contributed by atoms with Gasteiger partial charge >= 0.3 is 6.18 Å². The van der Waals surface area contributed by atoms with Gasteiger partial charge in [-0.25, -0.2) is 9.38 Å². The number of nitrogens with one attached hydrogen (secondary N) is 1. The maximum atomic E-state index is 13.3. The fraction of sp³-hybridized carbons (Fsp3) is 0.240. The highest BCUT2D eigenvalue weighted by Gasteiger charge is 2.37. The van der Waals surface area contributed by atoms with E-state index in [9.17, 15) is 17.6 Å². The van der Waals surface area contributed by atoms with Gasteiger partial charge in [-0.3, -0.25) is 4.72 Å². The number of aliphatic imine (C=N–C) groups is 1. The van der Waals surface area contributed by atoms with Gasteiger partial charge in [-0.2, -0.15) is 13.2 Å². The summed E-state index contributed by atoms with van der Waals surface area (Å²) in [4.78, 5) is 4.64. The molecular formula is C25H25F4N3S. The molecule has 2 aromatic carbocycles. The van der Waals surface area contributed by atoms with Crippen molar-refractivity contribution in [2.24, 2.45) is 16.1 Å². The highest BCUT2D eigenvalue weighted by atomic mass is 32.1. The fourth-order valence-corrected chi connectivity index (χ4v) is 4.10. The van der Waals surface area contributed by atoms with E-state index in [-0.39, 0.29) is 5.82 Å². The molecule has 1 unspecified atom stereocenters. The van der Waals surface area contributed by atoms with Crippen molar-refractivity contribution in [2.75, 3.05) is 6.54 Å². The summed E-state index contributed by atoms with van der Waals surface area (Å²) < 4.78 is 55.0. The molecule has 0 heterocycles. The van der Waals surface area contributed by atoms with Gasteiger partial charge < -0.3 is 5.73 Å². The third kappa shape index (κ3) is 5.94. The molecule has 0 spiro atoms. The van der Waals surface area contributed by atoms with Crippen LogP contribution in [0.1, 0.15) is 24.0 Å². The summed E-state index contributed by atoms with van der Waals surface area (Å²) in [5.74, 6) is -0.351. The summed E-state index contributed by atoms with van der Waals surface area (Å²) in [6.07, 6.45) is 2.41. The molecule has 3 rings (SSSR count). The van der Waals surface area contributed by atoms with Crippen molar-refractivity contribution in [3.63, 3.8) is 0 Å². The lowest BCUT2D eigenvalue weighted by atomic mass is 9.66. The Kier molecular flexibility index (Phi) is 7.81. The predicted molar refractivity (Wildman–Crippen MR) is 128 cm³/mol. The van der Waals surface area contributed by atoms with E-state index >= 15 is 0 Å². The molecule has 3 nitrogen and oxygen atoms in total. The number of halogens is 4. The van der Waals surface area contributed by atoms with Crippen molar-refractivity contribution in [2.45, 2.75) is 25.4 Å². The Bertz CT molecular complexity index is 1070. The fourth-order valence-electron chi connectivity index (χ4n) is 3.99. The Morgan fingerprint density at radius 3 is 2.33 bits per heavy atom. The van der Waals surface area contributed by atoms with Gasteiger partial charge in [-0.1, -0.05) is 36.6 Å². The van der Waals surface area contributed by atoms with Crippen molar-refractivity contribution < 1.29 is 17.6 Å². The standard InChI is InChI=1S/C25H25F4N3S/c1-2-24(14-17-3-5-19(6-4-17)25(27,28)29)15-18(16-30)23(13-20(24)11-12-31-33)32-22-9-7-21(26)8-10-22/h2-10,13,16,31,33H,1,11-12,14-15,30H2. The molecule has 0 fully saturated rings. The van der Waals surface area contributed by atoms with Crippen LogP contribution in [0.25, 0.3) is 0 Å². The second kappa shape index (κ2) is 10.4. The van der Waals surface area contributed by atoms with Crippen molar-refractivity contribution in [3.05, 3.63) is 102 Å². The molecule has 0 saturated carbocycles. The van der Waals surface area contributed by atoms with Crippen LogP contribution in [0.4, 0.5) is 23.2 Å². The van der Waals surface area contributed by atoms with Gasteiger partial charge in [0.1, 0.15) is 5.82 Å². The molecule has 1 aliphatic carbocycles. The largest absolute Gasteiger partial charge is 0.416 e. The maximum absolute atomic E-state index is 13.3. The molecule has 0 saturated heterocycles. The normalized spacial score (nSPS) is 21.3. The van der Waals surface area contributed by atoms with Crippen molar-refractivity contribution >= 4 is 24.2 Å². The lowest BCUT2D eigenvalue weighted by Gasteiger charge is -2.38. The van der Waals surface area contributed by atoms with E-state index < -0.39 is 17.2 Å². The third-order valence-corrected chi connectivity index (χ3v) is 5.98. The first-order chi connectivity index (χ1) is 15.7. The second-order valence-electron chi connectivity index (χ2n) is 7.90. The van der Waals surface area contributed by atoms with Gasteiger partial charge in [0.15, 0.2) is 0 Å². The lowest BCUT2D eigenvalue weighted by Crippen LogP contribution is -2.32. The Morgan fingerprint density at radius 2 is 1.79 bits per heavy atom. The van der Waals surface area contributed by atoms with Crippen LogP contribution < -0.4 is 10.5 Å². The van der Waals surface area contributed by atoms with Crippen LogP contribution in [0, 0.1) is 11.2 Å². The van der Waals surface area contributed by atoms with E-state index in [1.165, 1.54) is 30.5 Å². The minimum Gasteiger partial charge on any atom is -0.404 e. The topological polar surface area (TPSA) is 50.4 Å². The first kappa shape index (κ1) is 24.8. The van der Waals surface area contributed by atoms with Gasteiger partial charge in [0.25, 0.3) is 0 Å². The van der Waals surface area contributed by atoms with Crippen molar-refractivity contribution in [3.8, 4) is 0 Å². The van der Waals surface area contributed by atoms with Crippen LogP contribution in [-0.4, -0.2) is 12.3 Å². The zero-order valence-electron chi connectivity index (χ0n) is 17.9. The van der Waals surface area contributed by atoms with Gasteiger partial charge in [-0.15, -0.1) is 6.58 Å². The maximum Gasteiger partial charge on any atom is 0.416 e. The molecule has 174 valence electrons. The molecule has 33 heavy (non-hydrogen) atoms. The van der Waals surface area contributed by atoms with Crippen molar-refractivity contribution in [1.82, 2.24) is 4.72 Å². The third-order valence-electron chi connectivity index (χ3n) is 5.76. The minimum absolute atomic E-state index is 0.351. The summed E-state index contributed by atoms with van der Waals surface area (Å²) in [5.41, 5.74) is 8.46. The van der Waals surface area contributed by atoms with Gasteiger partial charge in [0.05, 0.1) is 17.0 Å². The first-order valence-corrected chi connectivity index (χ1v) is 10.8. The number of nitrogens with zero attached hydrogens (tertiary/aromatic N) is 1. The van der Waals surface area contributed by atoms with Crippen LogP contribution in [0.5, 0.6) is 0 Å². The van der Waals surface area contributed by atoms with Gasteiger partial charge in [0.2, 0.25) is 0 Å². The smallest absolute Gasteiger partial charge is 0.404 e. The molecule has 8 heteroatoms. The average molecular weight is 476 g/mol. The average Bonchev–Trinajstić information content (AvgIpc) is 2.80. The molecule has 0 radical (unpaired) electrons. The molecule has 0 aromatic heterocycles. The first-order valence-electron chi connectivity index (χ1n) is 10.3. The van der Waals surface area contributed by atoms with E-state index in [1.54, 1.807) is 12.1 Å². The quantitative estimate of drug-likeness (QED) is 0.249. The van der Waals surface area contributed by atoms with Crippen molar-refractivity contribution in [1.29, 1.82) is 0 Å². The van der Waals surface area contributed by atoms with Gasteiger partial charge in [0, 0.05) is 12.0 Å². The lowest BCUT2D eigenvalue weighted by molar-refractivity contribution is -0.137. The van der Waals surface area contributed by atoms with Gasteiger partial charge in [-0.05, 0) is 79.1 Å². The highest BCUT2D eigenvalue weighted by molar-refractivity contribution is 7.78. The Morgan fingerprint density at radius 1 is 1.12 bits per heavy atom. The molecule has 0 bridgehead atoms. The van der Waals surface area contributed by atoms with E-state index in [2.05, 4.69) is 29.1 Å². The number of thiol groups is 1. The highest BCUT2D eigenvalue weighted by Crippen LogP contribution is 2.45. The Labute approximate surface area is 196 Å². The summed E-state index contributed by atoms with van der Waals surface area (Å²) in [6.45, 7) is 4.62. The molecule has 1 atom stereocenters. The van der Waals surface area contributed by atoms with Crippen LogP contribution in [0.15, 0.2) is 89.6 Å². The predicted octanol–water partition coefficient (Wildman–Crippen LogP) is 6.33. The molecular weight excluding hydrogens is 450 g/mol.